The highest BCUT2D eigenvalue weighted by molar-refractivity contribution is 5.33. The third-order valence-electron chi connectivity index (χ3n) is 2.96. The molecular formula is C13H21N3O. The predicted molar refractivity (Wildman–Crippen MR) is 67.6 cm³/mol. The molecule has 0 saturated carbocycles. The first-order valence-electron chi connectivity index (χ1n) is 6.45. The first kappa shape index (κ1) is 12.3. The second kappa shape index (κ2) is 5.45. The van der Waals surface area contributed by atoms with E-state index in [0.29, 0.717) is 12.5 Å². The Bertz CT molecular complexity index is 390. The third kappa shape index (κ3) is 2.75. The molecule has 0 aliphatic carbocycles. The van der Waals surface area contributed by atoms with Gasteiger partial charge in [-0.1, -0.05) is 13.8 Å². The van der Waals surface area contributed by atoms with Crippen molar-refractivity contribution in [3.8, 4) is 5.88 Å². The van der Waals surface area contributed by atoms with Crippen molar-refractivity contribution < 1.29 is 4.74 Å². The van der Waals surface area contributed by atoms with Crippen molar-refractivity contribution in [3.63, 3.8) is 0 Å². The summed E-state index contributed by atoms with van der Waals surface area (Å²) in [5.41, 5.74) is 2.36. The van der Waals surface area contributed by atoms with Gasteiger partial charge in [0, 0.05) is 24.4 Å². The molecule has 17 heavy (non-hydrogen) atoms. The zero-order valence-corrected chi connectivity index (χ0v) is 10.9. The summed E-state index contributed by atoms with van der Waals surface area (Å²) in [6.45, 7) is 8.87. The molecule has 1 N–H and O–H groups in total. The van der Waals surface area contributed by atoms with Crippen molar-refractivity contribution in [1.29, 1.82) is 0 Å². The largest absolute Gasteiger partial charge is 0.478 e. The molecule has 0 saturated heterocycles. The van der Waals surface area contributed by atoms with E-state index < -0.39 is 0 Å². The molecule has 0 unspecified atom stereocenters. The van der Waals surface area contributed by atoms with Crippen LogP contribution in [0.15, 0.2) is 0 Å². The van der Waals surface area contributed by atoms with E-state index in [0.717, 1.165) is 43.3 Å². The van der Waals surface area contributed by atoms with Crippen LogP contribution in [-0.4, -0.2) is 29.7 Å². The Balaban J connectivity index is 2.43. The van der Waals surface area contributed by atoms with Crippen LogP contribution in [0.4, 0.5) is 0 Å². The van der Waals surface area contributed by atoms with Gasteiger partial charge >= 0.3 is 0 Å². The molecule has 4 heteroatoms. The van der Waals surface area contributed by atoms with E-state index in [1.54, 1.807) is 0 Å². The highest BCUT2D eigenvalue weighted by Crippen LogP contribution is 2.24. The Kier molecular flexibility index (Phi) is 3.94. The van der Waals surface area contributed by atoms with Gasteiger partial charge in [0.15, 0.2) is 0 Å². The van der Waals surface area contributed by atoms with Crippen LogP contribution < -0.4 is 10.1 Å². The van der Waals surface area contributed by atoms with Crippen molar-refractivity contribution >= 4 is 0 Å². The molecule has 0 radical (unpaired) electrons. The molecule has 2 rings (SSSR count). The van der Waals surface area contributed by atoms with Crippen molar-refractivity contribution in [3.05, 3.63) is 17.1 Å². The summed E-state index contributed by atoms with van der Waals surface area (Å²) < 4.78 is 5.67. The van der Waals surface area contributed by atoms with Gasteiger partial charge in [-0.2, -0.15) is 4.98 Å². The standard InChI is InChI=1S/C13H21N3O/c1-4-17-13-10-5-7-14-8-6-11(10)15-12(16-13)9(2)3/h9,14H,4-8H2,1-3H3. The summed E-state index contributed by atoms with van der Waals surface area (Å²) in [4.78, 5) is 9.24. The van der Waals surface area contributed by atoms with Gasteiger partial charge < -0.3 is 10.1 Å². The lowest BCUT2D eigenvalue weighted by atomic mass is 10.1. The molecule has 1 aromatic heterocycles. The van der Waals surface area contributed by atoms with E-state index >= 15 is 0 Å². The maximum atomic E-state index is 5.67. The van der Waals surface area contributed by atoms with Crippen molar-refractivity contribution in [2.45, 2.75) is 39.5 Å². The number of nitrogens with one attached hydrogen (secondary N) is 1. The van der Waals surface area contributed by atoms with Crippen LogP contribution in [0.5, 0.6) is 5.88 Å². The average molecular weight is 235 g/mol. The summed E-state index contributed by atoms with van der Waals surface area (Å²) in [5.74, 6) is 2.04. The van der Waals surface area contributed by atoms with Crippen LogP contribution >= 0.6 is 0 Å². The van der Waals surface area contributed by atoms with Gasteiger partial charge in [-0.25, -0.2) is 4.98 Å². The fraction of sp³-hybridized carbons (Fsp3) is 0.692. The normalized spacial score (nSPS) is 15.5. The second-order valence-corrected chi connectivity index (χ2v) is 4.65. The van der Waals surface area contributed by atoms with E-state index in [-0.39, 0.29) is 0 Å². The smallest absolute Gasteiger partial charge is 0.220 e. The first-order chi connectivity index (χ1) is 8.22. The maximum absolute atomic E-state index is 5.67. The Morgan fingerprint density at radius 2 is 2.00 bits per heavy atom. The molecular weight excluding hydrogens is 214 g/mol. The van der Waals surface area contributed by atoms with Gasteiger partial charge in [0.25, 0.3) is 0 Å². The van der Waals surface area contributed by atoms with Gasteiger partial charge in [0.05, 0.1) is 12.3 Å². The minimum Gasteiger partial charge on any atom is -0.478 e. The van der Waals surface area contributed by atoms with Crippen LogP contribution in [0.3, 0.4) is 0 Å². The van der Waals surface area contributed by atoms with Crippen LogP contribution in [0.25, 0.3) is 0 Å². The molecule has 0 spiro atoms. The number of aromatic nitrogens is 2. The molecule has 0 fully saturated rings. The minimum atomic E-state index is 0.343. The number of hydrogen-bond donors (Lipinski definition) is 1. The van der Waals surface area contributed by atoms with Crippen molar-refractivity contribution in [1.82, 2.24) is 15.3 Å². The van der Waals surface area contributed by atoms with E-state index in [1.165, 1.54) is 5.56 Å². The number of ether oxygens (including phenoxy) is 1. The summed E-state index contributed by atoms with van der Waals surface area (Å²) in [7, 11) is 0. The fourth-order valence-corrected chi connectivity index (χ4v) is 2.04. The molecule has 1 aliphatic rings. The van der Waals surface area contributed by atoms with E-state index in [9.17, 15) is 0 Å². The number of rotatable bonds is 3. The quantitative estimate of drug-likeness (QED) is 0.866. The molecule has 0 bridgehead atoms. The monoisotopic (exact) mass is 235 g/mol. The van der Waals surface area contributed by atoms with Gasteiger partial charge in [-0.05, 0) is 19.9 Å². The summed E-state index contributed by atoms with van der Waals surface area (Å²) in [6.07, 6.45) is 1.93. The molecule has 2 heterocycles. The lowest BCUT2D eigenvalue weighted by Crippen LogP contribution is -2.16. The predicted octanol–water partition coefficient (Wildman–Crippen LogP) is 1.69. The van der Waals surface area contributed by atoms with Crippen LogP contribution in [0.1, 0.15) is 43.8 Å². The third-order valence-corrected chi connectivity index (χ3v) is 2.96. The van der Waals surface area contributed by atoms with Crippen molar-refractivity contribution in [2.75, 3.05) is 19.7 Å². The highest BCUT2D eigenvalue weighted by Gasteiger charge is 2.18. The highest BCUT2D eigenvalue weighted by atomic mass is 16.5. The molecule has 0 aromatic carbocycles. The molecule has 0 atom stereocenters. The van der Waals surface area contributed by atoms with E-state index in [1.807, 2.05) is 6.92 Å². The fourth-order valence-electron chi connectivity index (χ4n) is 2.04. The maximum Gasteiger partial charge on any atom is 0.220 e. The Hall–Kier alpha value is -1.16. The lowest BCUT2D eigenvalue weighted by Gasteiger charge is -2.14. The Morgan fingerprint density at radius 1 is 1.24 bits per heavy atom. The summed E-state index contributed by atoms with van der Waals surface area (Å²) in [6, 6.07) is 0. The molecule has 1 aliphatic heterocycles. The van der Waals surface area contributed by atoms with Crippen LogP contribution in [0.2, 0.25) is 0 Å². The van der Waals surface area contributed by atoms with E-state index in [4.69, 9.17) is 4.74 Å². The lowest BCUT2D eigenvalue weighted by molar-refractivity contribution is 0.319. The Morgan fingerprint density at radius 3 is 2.71 bits per heavy atom. The molecule has 4 nitrogen and oxygen atoms in total. The number of hydrogen-bond acceptors (Lipinski definition) is 4. The first-order valence-corrected chi connectivity index (χ1v) is 6.45. The van der Waals surface area contributed by atoms with Gasteiger partial charge in [-0.15, -0.1) is 0 Å². The van der Waals surface area contributed by atoms with Gasteiger partial charge in [0.1, 0.15) is 5.82 Å². The average Bonchev–Trinajstić information content (AvgIpc) is 2.54. The van der Waals surface area contributed by atoms with Gasteiger partial charge in [-0.3, -0.25) is 0 Å². The van der Waals surface area contributed by atoms with Gasteiger partial charge in [0.2, 0.25) is 5.88 Å². The summed E-state index contributed by atoms with van der Waals surface area (Å²) in [5, 5.41) is 3.39. The second-order valence-electron chi connectivity index (χ2n) is 4.65. The van der Waals surface area contributed by atoms with Crippen molar-refractivity contribution in [2.24, 2.45) is 0 Å². The topological polar surface area (TPSA) is 47.0 Å². The number of nitrogens with zero attached hydrogens (tertiary/aromatic N) is 2. The van der Waals surface area contributed by atoms with Crippen LogP contribution in [0, 0.1) is 0 Å². The number of fused-ring (bicyclic) bond motifs is 1. The zero-order chi connectivity index (χ0) is 12.3. The Labute approximate surface area is 103 Å². The SMILES string of the molecule is CCOc1nc(C(C)C)nc2c1CCNCC2. The molecule has 94 valence electrons. The molecule has 0 amide bonds. The van der Waals surface area contributed by atoms with Crippen LogP contribution in [-0.2, 0) is 12.8 Å². The minimum absolute atomic E-state index is 0.343. The summed E-state index contributed by atoms with van der Waals surface area (Å²) >= 11 is 0. The molecule has 1 aromatic rings. The zero-order valence-electron chi connectivity index (χ0n) is 10.9. The van der Waals surface area contributed by atoms with E-state index in [2.05, 4.69) is 29.1 Å².